The zero-order chi connectivity index (χ0) is 17.1. The Morgan fingerprint density at radius 1 is 1.43 bits per heavy atom. The van der Waals surface area contributed by atoms with Gasteiger partial charge in [0.15, 0.2) is 6.10 Å². The number of ether oxygens (including phenoxy) is 1. The van der Waals surface area contributed by atoms with E-state index in [1.165, 1.54) is 6.92 Å². The van der Waals surface area contributed by atoms with Gasteiger partial charge in [0.05, 0.1) is 10.2 Å². The van der Waals surface area contributed by atoms with Gasteiger partial charge in [-0.25, -0.2) is 9.78 Å². The summed E-state index contributed by atoms with van der Waals surface area (Å²) in [5.74, 6) is -0.792. The summed E-state index contributed by atoms with van der Waals surface area (Å²) in [5.41, 5.74) is 12.2. The Labute approximate surface area is 139 Å². The van der Waals surface area contributed by atoms with Crippen molar-refractivity contribution in [3.63, 3.8) is 0 Å². The average molecular weight is 378 g/mol. The predicted octanol–water partition coefficient (Wildman–Crippen LogP) is 1.79. The average Bonchev–Trinajstić information content (AvgIpc) is 2.48. The van der Waals surface area contributed by atoms with Crippen molar-refractivity contribution in [3.05, 3.63) is 28.2 Å². The van der Waals surface area contributed by atoms with Gasteiger partial charge >= 0.3 is 5.97 Å². The third-order valence-electron chi connectivity index (χ3n) is 2.92. The van der Waals surface area contributed by atoms with E-state index in [0.717, 1.165) is 0 Å². The second-order valence-electron chi connectivity index (χ2n) is 4.55. The number of hydrogen-bond acceptors (Lipinski definition) is 7. The monoisotopic (exact) mass is 377 g/mol. The molecule has 0 radical (unpaired) electrons. The van der Waals surface area contributed by atoms with Gasteiger partial charge in [-0.05, 0) is 41.1 Å². The highest BCUT2D eigenvalue weighted by atomic mass is 79.9. The molecule has 8 nitrogen and oxygen atoms in total. The number of nitrogens with zero attached hydrogens (tertiary/aromatic N) is 3. The van der Waals surface area contributed by atoms with Crippen molar-refractivity contribution in [2.75, 3.05) is 11.5 Å². The highest BCUT2D eigenvalue weighted by molar-refractivity contribution is 9.10. The van der Waals surface area contributed by atoms with Gasteiger partial charge in [0, 0.05) is 5.56 Å². The maximum absolute atomic E-state index is 10.8. The molecule has 23 heavy (non-hydrogen) atoms. The van der Waals surface area contributed by atoms with E-state index in [0.29, 0.717) is 15.8 Å². The Morgan fingerprint density at radius 2 is 2.13 bits per heavy atom. The Hall–Kier alpha value is -2.86. The molecule has 118 valence electrons. The number of nitrogen functional groups attached to an aromatic ring is 2. The Morgan fingerprint density at radius 3 is 2.70 bits per heavy atom. The third kappa shape index (κ3) is 3.49. The molecule has 1 unspecified atom stereocenters. The molecule has 0 saturated heterocycles. The zero-order valence-corrected chi connectivity index (χ0v) is 13.5. The summed E-state index contributed by atoms with van der Waals surface area (Å²) in [6, 6.07) is 6.76. The number of carbonyl (C=O) groups is 1. The van der Waals surface area contributed by atoms with E-state index >= 15 is 0 Å². The lowest BCUT2D eigenvalue weighted by Crippen LogP contribution is -2.23. The number of carboxylic acids is 1. The molecule has 2 rings (SSSR count). The maximum Gasteiger partial charge on any atom is 0.344 e. The Bertz CT molecular complexity index is 819. The van der Waals surface area contributed by atoms with Crippen molar-refractivity contribution in [3.8, 4) is 23.1 Å². The summed E-state index contributed by atoms with van der Waals surface area (Å²) in [7, 11) is 0. The molecule has 1 aromatic heterocycles. The van der Waals surface area contributed by atoms with Gasteiger partial charge < -0.3 is 21.3 Å². The number of anilines is 2. The lowest BCUT2D eigenvalue weighted by molar-refractivity contribution is -0.144. The fraction of sp³-hybridized carbons (Fsp3) is 0.143. The lowest BCUT2D eigenvalue weighted by atomic mass is 10.1. The molecule has 1 heterocycles. The molecule has 5 N–H and O–H groups in total. The summed E-state index contributed by atoms with van der Waals surface area (Å²) in [6.45, 7) is 1.42. The molecule has 0 bridgehead atoms. The van der Waals surface area contributed by atoms with Crippen LogP contribution < -0.4 is 16.2 Å². The van der Waals surface area contributed by atoms with Crippen LogP contribution >= 0.6 is 15.9 Å². The minimum Gasteiger partial charge on any atom is -0.479 e. The molecule has 0 spiro atoms. The quantitative estimate of drug-likeness (QED) is 0.729. The molecular formula is C14H12BrN5O3. The first kappa shape index (κ1) is 16.5. The molecule has 0 saturated carbocycles. The summed E-state index contributed by atoms with van der Waals surface area (Å²) < 4.78 is 5.81. The van der Waals surface area contributed by atoms with E-state index in [9.17, 15) is 10.1 Å². The molecule has 1 aromatic carbocycles. The second-order valence-corrected chi connectivity index (χ2v) is 5.40. The van der Waals surface area contributed by atoms with Gasteiger partial charge in [-0.2, -0.15) is 10.2 Å². The van der Waals surface area contributed by atoms with E-state index in [-0.39, 0.29) is 23.0 Å². The van der Waals surface area contributed by atoms with Crippen molar-refractivity contribution in [1.82, 2.24) is 9.97 Å². The van der Waals surface area contributed by atoms with Gasteiger partial charge in [-0.3, -0.25) is 0 Å². The summed E-state index contributed by atoms with van der Waals surface area (Å²) in [5, 5.41) is 18.1. The van der Waals surface area contributed by atoms with Crippen LogP contribution in [-0.4, -0.2) is 27.1 Å². The first-order valence-electron chi connectivity index (χ1n) is 6.36. The number of aromatic nitrogens is 2. The third-order valence-corrected chi connectivity index (χ3v) is 3.54. The molecule has 0 aliphatic rings. The number of aliphatic carboxylic acids is 1. The molecule has 0 fully saturated rings. The van der Waals surface area contributed by atoms with Gasteiger partial charge in [-0.15, -0.1) is 0 Å². The summed E-state index contributed by atoms with van der Waals surface area (Å²) >= 11 is 3.30. The van der Waals surface area contributed by atoms with Crippen LogP contribution in [0.3, 0.4) is 0 Å². The van der Waals surface area contributed by atoms with Gasteiger partial charge in [-0.1, -0.05) is 0 Å². The fourth-order valence-electron chi connectivity index (χ4n) is 1.80. The molecule has 0 aliphatic carbocycles. The number of rotatable bonds is 4. The number of halogens is 1. The van der Waals surface area contributed by atoms with Gasteiger partial charge in [0.1, 0.15) is 23.2 Å². The van der Waals surface area contributed by atoms with Crippen LogP contribution in [0.1, 0.15) is 12.5 Å². The van der Waals surface area contributed by atoms with Crippen molar-refractivity contribution in [1.29, 1.82) is 5.26 Å². The van der Waals surface area contributed by atoms with Crippen molar-refractivity contribution >= 4 is 33.7 Å². The van der Waals surface area contributed by atoms with Crippen molar-refractivity contribution in [2.45, 2.75) is 13.0 Å². The number of nitriles is 1. The van der Waals surface area contributed by atoms with Crippen molar-refractivity contribution in [2.24, 2.45) is 0 Å². The van der Waals surface area contributed by atoms with Crippen LogP contribution in [0.5, 0.6) is 5.75 Å². The normalized spacial score (nSPS) is 11.5. The Kier molecular flexibility index (Phi) is 4.66. The standard InChI is InChI=1S/C14H12BrN5O3/c1-6(13(21)22)23-10-3-2-7(4-9(10)15)11-8(5-16)12(17)20-14(18)19-11/h2-4,6H,1H3,(H,21,22)(H4,17,18,19,20). The first-order chi connectivity index (χ1) is 10.8. The molecule has 2 aromatic rings. The molecule has 1 atom stereocenters. The van der Waals surface area contributed by atoms with Gasteiger partial charge in [0.2, 0.25) is 5.95 Å². The van der Waals surface area contributed by atoms with E-state index in [2.05, 4.69) is 25.9 Å². The van der Waals surface area contributed by atoms with Crippen LogP contribution in [0.25, 0.3) is 11.3 Å². The Balaban J connectivity index is 2.46. The zero-order valence-electron chi connectivity index (χ0n) is 11.9. The minimum atomic E-state index is -1.08. The van der Waals surface area contributed by atoms with Crippen LogP contribution in [0.2, 0.25) is 0 Å². The molecule has 0 aliphatic heterocycles. The minimum absolute atomic E-state index is 0.00838. The lowest BCUT2D eigenvalue weighted by Gasteiger charge is -2.13. The number of benzene rings is 1. The highest BCUT2D eigenvalue weighted by Crippen LogP contribution is 2.33. The number of nitrogens with two attached hydrogens (primary N) is 2. The van der Waals surface area contributed by atoms with E-state index in [1.54, 1.807) is 18.2 Å². The summed E-state index contributed by atoms with van der Waals surface area (Å²) in [6.07, 6.45) is -1.00. The van der Waals surface area contributed by atoms with Crippen molar-refractivity contribution < 1.29 is 14.6 Å². The maximum atomic E-state index is 10.8. The van der Waals surface area contributed by atoms with Crippen LogP contribution in [0.4, 0.5) is 11.8 Å². The first-order valence-corrected chi connectivity index (χ1v) is 7.15. The smallest absolute Gasteiger partial charge is 0.344 e. The predicted molar refractivity (Wildman–Crippen MR) is 86.4 cm³/mol. The molecule has 9 heteroatoms. The fourth-order valence-corrected chi connectivity index (χ4v) is 2.27. The van der Waals surface area contributed by atoms with E-state index < -0.39 is 12.1 Å². The SMILES string of the molecule is CC(Oc1ccc(-c2nc(N)nc(N)c2C#N)cc1Br)C(=O)O. The summed E-state index contributed by atoms with van der Waals surface area (Å²) in [4.78, 5) is 18.6. The molecular weight excluding hydrogens is 366 g/mol. The van der Waals surface area contributed by atoms with Gasteiger partial charge in [0.25, 0.3) is 0 Å². The van der Waals surface area contributed by atoms with Crippen LogP contribution in [0, 0.1) is 11.3 Å². The highest BCUT2D eigenvalue weighted by Gasteiger charge is 2.17. The molecule has 0 amide bonds. The van der Waals surface area contributed by atoms with E-state index in [4.69, 9.17) is 21.3 Å². The van der Waals surface area contributed by atoms with E-state index in [1.807, 2.05) is 6.07 Å². The largest absolute Gasteiger partial charge is 0.479 e. The number of carboxylic acid groups (broad SMARTS) is 1. The van der Waals surface area contributed by atoms with Crippen LogP contribution in [-0.2, 0) is 4.79 Å². The van der Waals surface area contributed by atoms with Crippen LogP contribution in [0.15, 0.2) is 22.7 Å². The second kappa shape index (κ2) is 6.50. The topological polar surface area (TPSA) is 148 Å². The number of hydrogen-bond donors (Lipinski definition) is 3.